The molecule has 15 heavy (non-hydrogen) atoms. The fourth-order valence-corrected chi connectivity index (χ4v) is 1.73. The molecule has 2 aromatic rings. The second-order valence-corrected chi connectivity index (χ2v) is 3.83. The van der Waals surface area contributed by atoms with Crippen molar-refractivity contribution in [2.45, 2.75) is 19.5 Å². The molecule has 78 valence electrons. The minimum atomic E-state index is 0.0616. The zero-order valence-corrected chi connectivity index (χ0v) is 8.68. The summed E-state index contributed by atoms with van der Waals surface area (Å²) in [6.07, 6.45) is 1.80. The summed E-state index contributed by atoms with van der Waals surface area (Å²) in [5, 5.41) is 0.751. The fourth-order valence-electron chi connectivity index (χ4n) is 1.73. The van der Waals surface area contributed by atoms with E-state index in [-0.39, 0.29) is 11.5 Å². The van der Waals surface area contributed by atoms with Gasteiger partial charge in [-0.1, -0.05) is 12.1 Å². The SMILES string of the molecule is CC(N)Cn1ccc(=O)c2ccccc21. The number of para-hydroxylation sites is 1. The second kappa shape index (κ2) is 3.87. The van der Waals surface area contributed by atoms with E-state index in [2.05, 4.69) is 0 Å². The highest BCUT2D eigenvalue weighted by Gasteiger charge is 2.02. The number of hydrogen-bond donors (Lipinski definition) is 1. The van der Waals surface area contributed by atoms with Crippen LogP contribution in [0.1, 0.15) is 6.92 Å². The summed E-state index contributed by atoms with van der Waals surface area (Å²) in [5.41, 5.74) is 6.76. The van der Waals surface area contributed by atoms with Crippen LogP contribution in [0.15, 0.2) is 41.3 Å². The van der Waals surface area contributed by atoms with Gasteiger partial charge in [-0.3, -0.25) is 4.79 Å². The van der Waals surface area contributed by atoms with Gasteiger partial charge in [-0.05, 0) is 19.1 Å². The molecule has 1 atom stereocenters. The number of nitrogens with two attached hydrogens (primary N) is 1. The largest absolute Gasteiger partial charge is 0.346 e. The van der Waals surface area contributed by atoms with Crippen molar-refractivity contribution in [2.24, 2.45) is 5.73 Å². The van der Waals surface area contributed by atoms with Gasteiger partial charge in [0.15, 0.2) is 5.43 Å². The van der Waals surface area contributed by atoms with E-state index in [1.165, 1.54) is 0 Å². The molecule has 0 aliphatic rings. The van der Waals surface area contributed by atoms with Crippen LogP contribution in [0, 0.1) is 0 Å². The summed E-state index contributed by atoms with van der Waals surface area (Å²) >= 11 is 0. The van der Waals surface area contributed by atoms with Gasteiger partial charge in [0, 0.05) is 30.2 Å². The topological polar surface area (TPSA) is 48.0 Å². The Bertz CT molecular complexity index is 528. The second-order valence-electron chi connectivity index (χ2n) is 3.83. The molecule has 2 rings (SSSR count). The molecule has 0 amide bonds. The summed E-state index contributed by atoms with van der Waals surface area (Å²) in [4.78, 5) is 11.6. The van der Waals surface area contributed by atoms with Crippen LogP contribution in [0.5, 0.6) is 0 Å². The van der Waals surface area contributed by atoms with Gasteiger partial charge < -0.3 is 10.3 Å². The molecule has 2 N–H and O–H groups in total. The third-order valence-electron chi connectivity index (χ3n) is 2.37. The summed E-state index contributed by atoms with van der Waals surface area (Å²) in [6.45, 7) is 2.67. The van der Waals surface area contributed by atoms with Crippen molar-refractivity contribution >= 4 is 10.9 Å². The molecule has 0 saturated heterocycles. The Labute approximate surface area is 88.1 Å². The number of rotatable bonds is 2. The predicted octanol–water partition coefficient (Wildman–Crippen LogP) is 1.35. The monoisotopic (exact) mass is 202 g/mol. The Morgan fingerprint density at radius 2 is 2.07 bits per heavy atom. The maximum absolute atomic E-state index is 11.6. The van der Waals surface area contributed by atoms with E-state index in [9.17, 15) is 4.79 Å². The van der Waals surface area contributed by atoms with Crippen molar-refractivity contribution in [1.29, 1.82) is 0 Å². The minimum Gasteiger partial charge on any atom is -0.346 e. The molecule has 0 aliphatic carbocycles. The van der Waals surface area contributed by atoms with E-state index < -0.39 is 0 Å². The first-order valence-corrected chi connectivity index (χ1v) is 5.02. The number of pyridine rings is 1. The lowest BCUT2D eigenvalue weighted by Crippen LogP contribution is -2.23. The molecule has 0 fully saturated rings. The number of fused-ring (bicyclic) bond motifs is 1. The molecule has 1 aromatic carbocycles. The Kier molecular flexibility index (Phi) is 2.56. The molecule has 1 heterocycles. The van der Waals surface area contributed by atoms with E-state index in [1.54, 1.807) is 12.3 Å². The highest BCUT2D eigenvalue weighted by atomic mass is 16.1. The van der Waals surface area contributed by atoms with E-state index in [1.807, 2.05) is 35.8 Å². The maximum atomic E-state index is 11.6. The lowest BCUT2D eigenvalue weighted by atomic mass is 10.2. The highest BCUT2D eigenvalue weighted by molar-refractivity contribution is 5.78. The molecular weight excluding hydrogens is 188 g/mol. The van der Waals surface area contributed by atoms with Crippen LogP contribution in [-0.4, -0.2) is 10.6 Å². The normalized spacial score (nSPS) is 12.9. The summed E-state index contributed by atoms with van der Waals surface area (Å²) < 4.78 is 2.02. The molecule has 3 heteroatoms. The summed E-state index contributed by atoms with van der Waals surface area (Å²) in [7, 11) is 0. The van der Waals surface area contributed by atoms with E-state index in [4.69, 9.17) is 5.73 Å². The van der Waals surface area contributed by atoms with Gasteiger partial charge >= 0.3 is 0 Å². The van der Waals surface area contributed by atoms with E-state index >= 15 is 0 Å². The first-order chi connectivity index (χ1) is 7.18. The van der Waals surface area contributed by atoms with Crippen molar-refractivity contribution in [3.63, 3.8) is 0 Å². The third-order valence-corrected chi connectivity index (χ3v) is 2.37. The zero-order chi connectivity index (χ0) is 10.8. The van der Waals surface area contributed by atoms with Crippen LogP contribution >= 0.6 is 0 Å². The fraction of sp³-hybridized carbons (Fsp3) is 0.250. The van der Waals surface area contributed by atoms with Gasteiger partial charge in [0.1, 0.15) is 0 Å². The van der Waals surface area contributed by atoms with Gasteiger partial charge in [-0.15, -0.1) is 0 Å². The molecule has 0 spiro atoms. The molecule has 1 aromatic heterocycles. The number of nitrogens with zero attached hydrogens (tertiary/aromatic N) is 1. The molecular formula is C12H14N2O. The average Bonchev–Trinajstić information content (AvgIpc) is 2.22. The van der Waals surface area contributed by atoms with Gasteiger partial charge in [-0.25, -0.2) is 0 Å². The Hall–Kier alpha value is -1.61. The zero-order valence-electron chi connectivity index (χ0n) is 8.68. The van der Waals surface area contributed by atoms with Crippen LogP contribution in [-0.2, 0) is 6.54 Å². The number of benzene rings is 1. The van der Waals surface area contributed by atoms with Gasteiger partial charge in [-0.2, -0.15) is 0 Å². The van der Waals surface area contributed by atoms with Gasteiger partial charge in [0.25, 0.3) is 0 Å². The van der Waals surface area contributed by atoms with Crippen molar-refractivity contribution in [1.82, 2.24) is 4.57 Å². The van der Waals surface area contributed by atoms with E-state index in [0.717, 1.165) is 17.4 Å². The molecule has 0 bridgehead atoms. The molecule has 0 aliphatic heterocycles. The summed E-state index contributed by atoms with van der Waals surface area (Å²) in [5.74, 6) is 0. The van der Waals surface area contributed by atoms with Crippen LogP contribution < -0.4 is 11.2 Å². The number of hydrogen-bond acceptors (Lipinski definition) is 2. The molecule has 0 radical (unpaired) electrons. The Morgan fingerprint density at radius 1 is 1.33 bits per heavy atom. The predicted molar refractivity (Wildman–Crippen MR) is 61.9 cm³/mol. The third kappa shape index (κ3) is 1.92. The maximum Gasteiger partial charge on any atom is 0.189 e. The lowest BCUT2D eigenvalue weighted by molar-refractivity contribution is 0.602. The smallest absolute Gasteiger partial charge is 0.189 e. The number of aromatic nitrogens is 1. The molecule has 3 nitrogen and oxygen atoms in total. The van der Waals surface area contributed by atoms with Gasteiger partial charge in [0.05, 0.1) is 5.52 Å². The Morgan fingerprint density at radius 3 is 2.80 bits per heavy atom. The van der Waals surface area contributed by atoms with Crippen LogP contribution in [0.4, 0.5) is 0 Å². The van der Waals surface area contributed by atoms with Crippen molar-refractivity contribution in [3.8, 4) is 0 Å². The van der Waals surface area contributed by atoms with Crippen LogP contribution in [0.3, 0.4) is 0 Å². The first kappa shape index (κ1) is 9.93. The minimum absolute atomic E-state index is 0.0616. The quantitative estimate of drug-likeness (QED) is 0.799. The van der Waals surface area contributed by atoms with Crippen LogP contribution in [0.2, 0.25) is 0 Å². The average molecular weight is 202 g/mol. The van der Waals surface area contributed by atoms with Crippen LogP contribution in [0.25, 0.3) is 10.9 Å². The first-order valence-electron chi connectivity index (χ1n) is 5.02. The lowest BCUT2D eigenvalue weighted by Gasteiger charge is -2.12. The summed E-state index contributed by atoms with van der Waals surface area (Å²) in [6, 6.07) is 9.26. The van der Waals surface area contributed by atoms with Crippen molar-refractivity contribution in [2.75, 3.05) is 0 Å². The van der Waals surface area contributed by atoms with Crippen molar-refractivity contribution in [3.05, 3.63) is 46.8 Å². The Balaban J connectivity index is 2.66. The molecule has 0 saturated carbocycles. The standard InChI is InChI=1S/C12H14N2O/c1-9(13)8-14-7-6-12(15)10-4-2-3-5-11(10)14/h2-7,9H,8,13H2,1H3. The van der Waals surface area contributed by atoms with Crippen molar-refractivity contribution < 1.29 is 0 Å². The molecule has 1 unspecified atom stereocenters. The van der Waals surface area contributed by atoms with E-state index in [0.29, 0.717) is 0 Å². The highest BCUT2D eigenvalue weighted by Crippen LogP contribution is 2.09. The van der Waals surface area contributed by atoms with Gasteiger partial charge in [0.2, 0.25) is 0 Å².